The lowest BCUT2D eigenvalue weighted by Gasteiger charge is -2.18. The average molecular weight is 227 g/mol. The predicted octanol–water partition coefficient (Wildman–Crippen LogP) is 0.423. The summed E-state index contributed by atoms with van der Waals surface area (Å²) in [6.07, 6.45) is 2.60. The van der Waals surface area contributed by atoms with Crippen LogP contribution in [-0.2, 0) is 19.1 Å². The van der Waals surface area contributed by atoms with Crippen molar-refractivity contribution in [2.24, 2.45) is 5.92 Å². The maximum atomic E-state index is 11.4. The molecule has 90 valence electrons. The molecule has 5 heteroatoms. The van der Waals surface area contributed by atoms with Crippen molar-refractivity contribution in [1.29, 1.82) is 0 Å². The van der Waals surface area contributed by atoms with Crippen molar-refractivity contribution < 1.29 is 19.1 Å². The fourth-order valence-corrected chi connectivity index (χ4v) is 2.02. The molecule has 16 heavy (non-hydrogen) atoms. The molecule has 0 bridgehead atoms. The lowest BCUT2D eigenvalue weighted by molar-refractivity contribution is -0.145. The highest BCUT2D eigenvalue weighted by Crippen LogP contribution is 2.25. The Balaban J connectivity index is 2.58. The summed E-state index contributed by atoms with van der Waals surface area (Å²) in [5.74, 6) is -0.717. The van der Waals surface area contributed by atoms with E-state index in [-0.39, 0.29) is 17.6 Å². The molecule has 1 fully saturated rings. The molecule has 2 atom stereocenters. The van der Waals surface area contributed by atoms with Gasteiger partial charge >= 0.3 is 5.97 Å². The van der Waals surface area contributed by atoms with Crippen LogP contribution in [0.1, 0.15) is 32.6 Å². The SMILES string of the molecule is COC(=O)[C@H](CC1CCCC1=O)NC(C)=O. The summed E-state index contributed by atoms with van der Waals surface area (Å²) in [4.78, 5) is 33.8. The minimum Gasteiger partial charge on any atom is -0.467 e. The van der Waals surface area contributed by atoms with Gasteiger partial charge in [0.15, 0.2) is 0 Å². The van der Waals surface area contributed by atoms with E-state index in [1.54, 1.807) is 0 Å². The Hall–Kier alpha value is -1.39. The molecule has 1 amide bonds. The summed E-state index contributed by atoms with van der Waals surface area (Å²) in [5, 5.41) is 2.51. The predicted molar refractivity (Wildman–Crippen MR) is 56.6 cm³/mol. The maximum absolute atomic E-state index is 11.4. The third-order valence-corrected chi connectivity index (χ3v) is 2.81. The normalized spacial score (nSPS) is 21.6. The number of hydrogen-bond acceptors (Lipinski definition) is 4. The third-order valence-electron chi connectivity index (χ3n) is 2.81. The van der Waals surface area contributed by atoms with Crippen molar-refractivity contribution in [3.63, 3.8) is 0 Å². The zero-order valence-corrected chi connectivity index (χ0v) is 9.62. The Morgan fingerprint density at radius 3 is 2.69 bits per heavy atom. The number of nitrogens with one attached hydrogen (secondary N) is 1. The van der Waals surface area contributed by atoms with Crippen molar-refractivity contribution in [3.05, 3.63) is 0 Å². The highest BCUT2D eigenvalue weighted by molar-refractivity contribution is 5.86. The van der Waals surface area contributed by atoms with Crippen LogP contribution < -0.4 is 5.32 Å². The van der Waals surface area contributed by atoms with Crippen molar-refractivity contribution in [2.45, 2.75) is 38.6 Å². The molecular weight excluding hydrogens is 210 g/mol. The summed E-state index contributed by atoms with van der Waals surface area (Å²) in [6.45, 7) is 1.34. The van der Waals surface area contributed by atoms with E-state index in [1.165, 1.54) is 14.0 Å². The van der Waals surface area contributed by atoms with Gasteiger partial charge in [-0.25, -0.2) is 4.79 Å². The average Bonchev–Trinajstić information content (AvgIpc) is 2.61. The number of rotatable bonds is 4. The molecule has 5 nitrogen and oxygen atoms in total. The summed E-state index contributed by atoms with van der Waals surface area (Å²) in [7, 11) is 1.27. The topological polar surface area (TPSA) is 72.5 Å². The molecule has 0 radical (unpaired) electrons. The first-order valence-electron chi connectivity index (χ1n) is 5.42. The zero-order valence-electron chi connectivity index (χ0n) is 9.62. The van der Waals surface area contributed by atoms with Gasteiger partial charge in [0.2, 0.25) is 5.91 Å². The quantitative estimate of drug-likeness (QED) is 0.707. The first-order valence-corrected chi connectivity index (χ1v) is 5.42. The van der Waals surface area contributed by atoms with E-state index in [1.807, 2.05) is 0 Å². The minimum atomic E-state index is -0.699. The van der Waals surface area contributed by atoms with E-state index >= 15 is 0 Å². The van der Waals surface area contributed by atoms with Crippen LogP contribution in [0.4, 0.5) is 0 Å². The largest absolute Gasteiger partial charge is 0.467 e. The molecule has 1 unspecified atom stereocenters. The number of carbonyl (C=O) groups excluding carboxylic acids is 3. The second-order valence-electron chi connectivity index (χ2n) is 4.07. The Labute approximate surface area is 94.5 Å². The lowest BCUT2D eigenvalue weighted by Crippen LogP contribution is -2.42. The van der Waals surface area contributed by atoms with Gasteiger partial charge in [0.25, 0.3) is 0 Å². The monoisotopic (exact) mass is 227 g/mol. The molecule has 0 aromatic heterocycles. The molecular formula is C11H17NO4. The molecule has 1 aliphatic carbocycles. The standard InChI is InChI=1S/C11H17NO4/c1-7(13)12-9(11(15)16-2)6-8-4-3-5-10(8)14/h8-9H,3-6H2,1-2H3,(H,12,13)/t8?,9-/m0/s1. The zero-order chi connectivity index (χ0) is 12.1. The number of esters is 1. The van der Waals surface area contributed by atoms with Gasteiger partial charge in [0, 0.05) is 19.3 Å². The van der Waals surface area contributed by atoms with E-state index in [4.69, 9.17) is 0 Å². The molecule has 1 aliphatic rings. The number of Topliss-reactive ketones (excluding diaryl/α,β-unsaturated/α-hetero) is 1. The Morgan fingerprint density at radius 2 is 2.25 bits per heavy atom. The van der Waals surface area contributed by atoms with Gasteiger partial charge in [-0.2, -0.15) is 0 Å². The Kier molecular flexibility index (Phi) is 4.46. The number of amides is 1. The van der Waals surface area contributed by atoms with E-state index in [0.29, 0.717) is 12.8 Å². The maximum Gasteiger partial charge on any atom is 0.328 e. The Morgan fingerprint density at radius 1 is 1.56 bits per heavy atom. The van der Waals surface area contributed by atoms with Crippen LogP contribution in [0, 0.1) is 5.92 Å². The molecule has 0 spiro atoms. The highest BCUT2D eigenvalue weighted by atomic mass is 16.5. The molecule has 0 heterocycles. The van der Waals surface area contributed by atoms with E-state index in [9.17, 15) is 14.4 Å². The molecule has 1 saturated carbocycles. The van der Waals surface area contributed by atoms with Gasteiger partial charge in [0.1, 0.15) is 11.8 Å². The van der Waals surface area contributed by atoms with Crippen LogP contribution in [0.3, 0.4) is 0 Å². The van der Waals surface area contributed by atoms with Crippen molar-refractivity contribution in [2.75, 3.05) is 7.11 Å². The fraction of sp³-hybridized carbons (Fsp3) is 0.727. The van der Waals surface area contributed by atoms with Crippen molar-refractivity contribution in [1.82, 2.24) is 5.32 Å². The molecule has 0 saturated heterocycles. The molecule has 0 aromatic carbocycles. The van der Waals surface area contributed by atoms with Gasteiger partial charge in [-0.05, 0) is 19.3 Å². The fourth-order valence-electron chi connectivity index (χ4n) is 2.02. The number of ketones is 1. The summed E-state index contributed by atoms with van der Waals surface area (Å²) in [5.41, 5.74) is 0. The number of carbonyl (C=O) groups is 3. The van der Waals surface area contributed by atoms with Crippen molar-refractivity contribution in [3.8, 4) is 0 Å². The second kappa shape index (κ2) is 5.63. The van der Waals surface area contributed by atoms with Crippen LogP contribution in [0.2, 0.25) is 0 Å². The lowest BCUT2D eigenvalue weighted by atomic mass is 9.97. The van der Waals surface area contributed by atoms with Crippen molar-refractivity contribution >= 4 is 17.7 Å². The first kappa shape index (κ1) is 12.7. The second-order valence-corrected chi connectivity index (χ2v) is 4.07. The number of ether oxygens (including phenoxy) is 1. The Bertz CT molecular complexity index is 300. The van der Waals surface area contributed by atoms with Gasteiger partial charge < -0.3 is 10.1 Å². The van der Waals surface area contributed by atoms with Crippen LogP contribution in [0.25, 0.3) is 0 Å². The molecule has 0 aliphatic heterocycles. The van der Waals surface area contributed by atoms with E-state index in [2.05, 4.69) is 10.1 Å². The molecule has 0 aromatic rings. The summed E-state index contributed by atoms with van der Waals surface area (Å²) in [6, 6.07) is -0.699. The van der Waals surface area contributed by atoms with Crippen LogP contribution in [0.15, 0.2) is 0 Å². The molecule has 1 rings (SSSR count). The highest BCUT2D eigenvalue weighted by Gasteiger charge is 2.31. The van der Waals surface area contributed by atoms with Gasteiger partial charge in [-0.15, -0.1) is 0 Å². The van der Waals surface area contributed by atoms with Crippen LogP contribution in [0.5, 0.6) is 0 Å². The van der Waals surface area contributed by atoms with E-state index < -0.39 is 12.0 Å². The summed E-state index contributed by atoms with van der Waals surface area (Å²) >= 11 is 0. The van der Waals surface area contributed by atoms with E-state index in [0.717, 1.165) is 12.8 Å². The van der Waals surface area contributed by atoms with Crippen LogP contribution in [-0.4, -0.2) is 30.8 Å². The third kappa shape index (κ3) is 3.32. The molecule has 1 N–H and O–H groups in total. The minimum absolute atomic E-state index is 0.115. The smallest absolute Gasteiger partial charge is 0.328 e. The van der Waals surface area contributed by atoms with Gasteiger partial charge in [-0.1, -0.05) is 0 Å². The van der Waals surface area contributed by atoms with Gasteiger partial charge in [-0.3, -0.25) is 9.59 Å². The first-order chi connectivity index (χ1) is 7.54. The van der Waals surface area contributed by atoms with Crippen LogP contribution >= 0.6 is 0 Å². The number of methoxy groups -OCH3 is 1. The number of hydrogen-bond donors (Lipinski definition) is 1. The van der Waals surface area contributed by atoms with Gasteiger partial charge in [0.05, 0.1) is 7.11 Å². The summed E-state index contributed by atoms with van der Waals surface area (Å²) < 4.78 is 4.59.